The molecule has 1 heterocycles. The summed E-state index contributed by atoms with van der Waals surface area (Å²) in [4.78, 5) is 0. The van der Waals surface area contributed by atoms with Gasteiger partial charge >= 0.3 is 0 Å². The zero-order chi connectivity index (χ0) is 11.7. The van der Waals surface area contributed by atoms with Crippen molar-refractivity contribution in [1.82, 2.24) is 0 Å². The van der Waals surface area contributed by atoms with Crippen molar-refractivity contribution < 1.29 is 0 Å². The van der Waals surface area contributed by atoms with Crippen LogP contribution in [-0.2, 0) is 0 Å². The molecule has 3 rings (SSSR count). The molecule has 1 aromatic carbocycles. The Morgan fingerprint density at radius 1 is 1.00 bits per heavy atom. The summed E-state index contributed by atoms with van der Waals surface area (Å²) >= 11 is 0. The van der Waals surface area contributed by atoms with Gasteiger partial charge in [-0.05, 0) is 48.6 Å². The predicted molar refractivity (Wildman–Crippen MR) is 73.4 cm³/mol. The fraction of sp³-hybridized carbons (Fsp3) is 0.625. The van der Waals surface area contributed by atoms with Crippen LogP contribution < -0.4 is 5.32 Å². The summed E-state index contributed by atoms with van der Waals surface area (Å²) in [5.74, 6) is 2.72. The van der Waals surface area contributed by atoms with Gasteiger partial charge in [0, 0.05) is 12.2 Å². The van der Waals surface area contributed by atoms with Gasteiger partial charge in [-0.15, -0.1) is 0 Å². The molecule has 1 N–H and O–H groups in total. The highest BCUT2D eigenvalue weighted by Gasteiger charge is 2.30. The van der Waals surface area contributed by atoms with Crippen LogP contribution in [0.4, 0.5) is 5.69 Å². The van der Waals surface area contributed by atoms with Crippen molar-refractivity contribution in [3.05, 3.63) is 29.8 Å². The van der Waals surface area contributed by atoms with Crippen molar-refractivity contribution >= 4 is 5.69 Å². The van der Waals surface area contributed by atoms with Crippen molar-refractivity contribution in [2.75, 3.05) is 11.9 Å². The first-order valence-electron chi connectivity index (χ1n) is 7.17. The second-order valence-electron chi connectivity index (χ2n) is 5.93. The molecule has 1 aliphatic heterocycles. The summed E-state index contributed by atoms with van der Waals surface area (Å²) in [6, 6.07) is 8.93. The number of nitrogens with one attached hydrogen (secondary N) is 1. The number of anilines is 1. The number of hydrogen-bond acceptors (Lipinski definition) is 1. The van der Waals surface area contributed by atoms with Gasteiger partial charge in [-0.25, -0.2) is 0 Å². The molecular weight excluding hydrogens is 206 g/mol. The van der Waals surface area contributed by atoms with E-state index in [4.69, 9.17) is 0 Å². The molecule has 0 spiro atoms. The number of para-hydroxylation sites is 1. The van der Waals surface area contributed by atoms with Crippen molar-refractivity contribution in [3.63, 3.8) is 0 Å². The summed E-state index contributed by atoms with van der Waals surface area (Å²) in [6.45, 7) is 3.57. The Morgan fingerprint density at radius 2 is 1.76 bits per heavy atom. The van der Waals surface area contributed by atoms with Crippen molar-refractivity contribution in [2.45, 2.75) is 44.9 Å². The van der Waals surface area contributed by atoms with Crippen LogP contribution >= 0.6 is 0 Å². The quantitative estimate of drug-likeness (QED) is 0.752. The number of fused-ring (bicyclic) bond motifs is 1. The summed E-state index contributed by atoms with van der Waals surface area (Å²) < 4.78 is 0. The van der Waals surface area contributed by atoms with Gasteiger partial charge in [-0.2, -0.15) is 0 Å². The Labute approximate surface area is 105 Å². The molecule has 1 fully saturated rings. The van der Waals surface area contributed by atoms with E-state index < -0.39 is 0 Å². The molecule has 0 aromatic heterocycles. The smallest absolute Gasteiger partial charge is 0.0375 e. The highest BCUT2D eigenvalue weighted by atomic mass is 14.9. The third kappa shape index (κ3) is 2.20. The predicted octanol–water partition coefficient (Wildman–Crippen LogP) is 4.41. The van der Waals surface area contributed by atoms with Gasteiger partial charge in [-0.3, -0.25) is 0 Å². The van der Waals surface area contributed by atoms with Crippen molar-refractivity contribution in [2.24, 2.45) is 11.8 Å². The van der Waals surface area contributed by atoms with Crippen LogP contribution in [0.15, 0.2) is 24.3 Å². The Bertz CT molecular complexity index is 377. The van der Waals surface area contributed by atoms with E-state index in [1.807, 2.05) is 0 Å². The van der Waals surface area contributed by atoms with Gasteiger partial charge in [0.25, 0.3) is 0 Å². The number of rotatable bonds is 1. The van der Waals surface area contributed by atoms with Gasteiger partial charge in [-0.1, -0.05) is 38.0 Å². The third-order valence-electron chi connectivity index (χ3n) is 4.76. The molecule has 2 aliphatic rings. The molecule has 1 heteroatoms. The average Bonchev–Trinajstić information content (AvgIpc) is 2.39. The Balaban J connectivity index is 1.80. The minimum atomic E-state index is 0.819. The highest BCUT2D eigenvalue weighted by Crippen LogP contribution is 2.43. The second-order valence-corrected chi connectivity index (χ2v) is 5.93. The Morgan fingerprint density at radius 3 is 2.59 bits per heavy atom. The topological polar surface area (TPSA) is 12.0 Å². The van der Waals surface area contributed by atoms with E-state index in [1.165, 1.54) is 37.8 Å². The SMILES string of the molecule is CC1CCC(C2CCNc3ccccc32)CC1. The molecule has 0 radical (unpaired) electrons. The molecule has 17 heavy (non-hydrogen) atoms. The minimum absolute atomic E-state index is 0.819. The maximum atomic E-state index is 3.54. The molecule has 0 amide bonds. The van der Waals surface area contributed by atoms with Crippen LogP contribution in [0.5, 0.6) is 0 Å². The summed E-state index contributed by atoms with van der Waals surface area (Å²) in [7, 11) is 0. The first-order chi connectivity index (χ1) is 8.34. The lowest BCUT2D eigenvalue weighted by molar-refractivity contribution is 0.247. The highest BCUT2D eigenvalue weighted by molar-refractivity contribution is 5.54. The van der Waals surface area contributed by atoms with Crippen LogP contribution in [0.25, 0.3) is 0 Å². The normalized spacial score (nSPS) is 32.6. The van der Waals surface area contributed by atoms with E-state index in [1.54, 1.807) is 5.56 Å². The number of benzene rings is 1. The van der Waals surface area contributed by atoms with E-state index in [-0.39, 0.29) is 0 Å². The molecule has 1 aliphatic carbocycles. The average molecular weight is 229 g/mol. The summed E-state index contributed by atoms with van der Waals surface area (Å²) in [5, 5.41) is 3.54. The fourth-order valence-electron chi connectivity index (χ4n) is 3.68. The molecule has 0 saturated heterocycles. The summed E-state index contributed by atoms with van der Waals surface area (Å²) in [6.07, 6.45) is 7.10. The molecular formula is C16H23N. The van der Waals surface area contributed by atoms with Crippen molar-refractivity contribution in [1.29, 1.82) is 0 Å². The lowest BCUT2D eigenvalue weighted by Crippen LogP contribution is -2.25. The van der Waals surface area contributed by atoms with Gasteiger partial charge < -0.3 is 5.32 Å². The first-order valence-corrected chi connectivity index (χ1v) is 7.17. The van der Waals surface area contributed by atoms with Gasteiger partial charge in [0.05, 0.1) is 0 Å². The maximum absolute atomic E-state index is 3.54. The van der Waals surface area contributed by atoms with Crippen LogP contribution in [-0.4, -0.2) is 6.54 Å². The van der Waals surface area contributed by atoms with E-state index in [0.29, 0.717) is 0 Å². The van der Waals surface area contributed by atoms with E-state index in [2.05, 4.69) is 36.5 Å². The minimum Gasteiger partial charge on any atom is -0.385 e. The Kier molecular flexibility index (Phi) is 3.09. The molecule has 1 atom stereocenters. The molecule has 1 aromatic rings. The van der Waals surface area contributed by atoms with Gasteiger partial charge in [0.2, 0.25) is 0 Å². The van der Waals surface area contributed by atoms with E-state index in [9.17, 15) is 0 Å². The van der Waals surface area contributed by atoms with Gasteiger partial charge in [0.15, 0.2) is 0 Å². The Hall–Kier alpha value is -0.980. The van der Waals surface area contributed by atoms with Crippen LogP contribution in [0.1, 0.15) is 50.5 Å². The van der Waals surface area contributed by atoms with Crippen LogP contribution in [0.2, 0.25) is 0 Å². The van der Waals surface area contributed by atoms with Crippen LogP contribution in [0, 0.1) is 11.8 Å². The standard InChI is InChI=1S/C16H23N/c1-12-6-8-13(9-7-12)14-10-11-17-16-5-3-2-4-15(14)16/h2-5,12-14,17H,6-11H2,1H3. The second kappa shape index (κ2) is 4.72. The van der Waals surface area contributed by atoms with E-state index >= 15 is 0 Å². The molecule has 1 nitrogen and oxygen atoms in total. The zero-order valence-corrected chi connectivity index (χ0v) is 10.8. The third-order valence-corrected chi connectivity index (χ3v) is 4.76. The van der Waals surface area contributed by atoms with Crippen LogP contribution in [0.3, 0.4) is 0 Å². The molecule has 92 valence electrons. The number of hydrogen-bond donors (Lipinski definition) is 1. The maximum Gasteiger partial charge on any atom is 0.0375 e. The molecule has 1 saturated carbocycles. The lowest BCUT2D eigenvalue weighted by atomic mass is 9.71. The monoisotopic (exact) mass is 229 g/mol. The lowest BCUT2D eigenvalue weighted by Gasteiger charge is -2.36. The molecule has 1 unspecified atom stereocenters. The fourth-order valence-corrected chi connectivity index (χ4v) is 3.68. The molecule has 0 bridgehead atoms. The largest absolute Gasteiger partial charge is 0.385 e. The zero-order valence-electron chi connectivity index (χ0n) is 10.8. The van der Waals surface area contributed by atoms with Crippen molar-refractivity contribution in [3.8, 4) is 0 Å². The first kappa shape index (κ1) is 11.1. The van der Waals surface area contributed by atoms with Gasteiger partial charge in [0.1, 0.15) is 0 Å². The van der Waals surface area contributed by atoms with E-state index in [0.717, 1.165) is 24.3 Å². The summed E-state index contributed by atoms with van der Waals surface area (Å²) in [5.41, 5.74) is 2.97.